The van der Waals surface area contributed by atoms with Crippen molar-refractivity contribution in [3.8, 4) is 11.8 Å². The third-order valence-corrected chi connectivity index (χ3v) is 3.15. The van der Waals surface area contributed by atoms with E-state index in [-0.39, 0.29) is 0 Å². The van der Waals surface area contributed by atoms with Crippen LogP contribution in [-0.2, 0) is 0 Å². The number of hydrogen-bond donors (Lipinski definition) is 2. The van der Waals surface area contributed by atoms with Gasteiger partial charge in [-0.3, -0.25) is 9.89 Å². The first-order valence-corrected chi connectivity index (χ1v) is 6.35. The predicted octanol–water partition coefficient (Wildman–Crippen LogP) is 1.77. The Labute approximate surface area is 121 Å². The molecule has 0 fully saturated rings. The molecule has 5 nitrogen and oxygen atoms in total. The highest BCUT2D eigenvalue weighted by molar-refractivity contribution is 5.93. The molecule has 0 atom stereocenters. The van der Waals surface area contributed by atoms with Crippen molar-refractivity contribution in [2.24, 2.45) is 5.73 Å². The predicted molar refractivity (Wildman–Crippen MR) is 79.6 cm³/mol. The number of nitrogens with two attached hydrogens (primary N) is 1. The SMILES string of the molecule is Cc1ccc(C(N)=O)cc1C#Cc1cnc2[nH]ncc2c1. The van der Waals surface area contributed by atoms with Gasteiger partial charge in [0.1, 0.15) is 0 Å². The van der Waals surface area contributed by atoms with Gasteiger partial charge in [0.2, 0.25) is 5.91 Å². The Kier molecular flexibility index (Phi) is 3.13. The molecule has 1 amide bonds. The van der Waals surface area contributed by atoms with Crippen molar-refractivity contribution in [3.63, 3.8) is 0 Å². The zero-order valence-corrected chi connectivity index (χ0v) is 11.3. The van der Waals surface area contributed by atoms with Gasteiger partial charge in [0.15, 0.2) is 5.65 Å². The van der Waals surface area contributed by atoms with Gasteiger partial charge in [-0.25, -0.2) is 4.98 Å². The number of aryl methyl sites for hydroxylation is 1. The lowest BCUT2D eigenvalue weighted by molar-refractivity contribution is 0.100. The Bertz CT molecular complexity index is 899. The second-order valence-corrected chi connectivity index (χ2v) is 4.68. The number of primary amides is 1. The molecule has 3 aromatic rings. The number of pyridine rings is 1. The van der Waals surface area contributed by atoms with Gasteiger partial charge >= 0.3 is 0 Å². The highest BCUT2D eigenvalue weighted by Gasteiger charge is 2.03. The highest BCUT2D eigenvalue weighted by atomic mass is 16.1. The van der Waals surface area contributed by atoms with Crippen molar-refractivity contribution in [2.45, 2.75) is 6.92 Å². The minimum Gasteiger partial charge on any atom is -0.366 e. The quantitative estimate of drug-likeness (QED) is 0.664. The van der Waals surface area contributed by atoms with Crippen LogP contribution < -0.4 is 5.73 Å². The fourth-order valence-corrected chi connectivity index (χ4v) is 1.95. The average Bonchev–Trinajstić information content (AvgIpc) is 2.93. The van der Waals surface area contributed by atoms with Gasteiger partial charge in [0, 0.05) is 28.3 Å². The zero-order chi connectivity index (χ0) is 14.8. The van der Waals surface area contributed by atoms with Crippen molar-refractivity contribution in [1.82, 2.24) is 15.2 Å². The van der Waals surface area contributed by atoms with E-state index in [2.05, 4.69) is 27.0 Å². The van der Waals surface area contributed by atoms with Crippen LogP contribution in [0.2, 0.25) is 0 Å². The molecule has 0 unspecified atom stereocenters. The standard InChI is InChI=1S/C16H12N4O/c1-10-2-4-13(15(17)21)7-12(10)5-3-11-6-14-9-19-20-16(14)18-8-11/h2,4,6-9H,1H3,(H2,17,21)(H,18,19,20). The molecule has 3 rings (SSSR count). The summed E-state index contributed by atoms with van der Waals surface area (Å²) in [6.45, 7) is 1.94. The van der Waals surface area contributed by atoms with E-state index in [1.807, 2.05) is 19.1 Å². The van der Waals surface area contributed by atoms with Crippen LogP contribution in [0.15, 0.2) is 36.7 Å². The fourth-order valence-electron chi connectivity index (χ4n) is 1.95. The number of nitrogens with one attached hydrogen (secondary N) is 1. The second kappa shape index (κ2) is 5.10. The van der Waals surface area contributed by atoms with Crippen LogP contribution in [-0.4, -0.2) is 21.1 Å². The number of carbonyl (C=O) groups excluding carboxylic acids is 1. The van der Waals surface area contributed by atoms with Crippen LogP contribution in [0.1, 0.15) is 27.0 Å². The number of nitrogens with zero attached hydrogens (tertiary/aromatic N) is 2. The summed E-state index contributed by atoms with van der Waals surface area (Å²) in [4.78, 5) is 15.4. The molecular weight excluding hydrogens is 264 g/mol. The Morgan fingerprint density at radius 1 is 1.24 bits per heavy atom. The Morgan fingerprint density at radius 3 is 2.90 bits per heavy atom. The summed E-state index contributed by atoms with van der Waals surface area (Å²) in [7, 11) is 0. The van der Waals surface area contributed by atoms with Gasteiger partial charge in [0.05, 0.1) is 6.20 Å². The minimum atomic E-state index is -0.459. The average molecular weight is 276 g/mol. The molecule has 21 heavy (non-hydrogen) atoms. The summed E-state index contributed by atoms with van der Waals surface area (Å²) in [5.74, 6) is 5.64. The van der Waals surface area contributed by atoms with Gasteiger partial charge in [-0.2, -0.15) is 5.10 Å². The number of aromatic amines is 1. The third kappa shape index (κ3) is 2.60. The topological polar surface area (TPSA) is 84.7 Å². The zero-order valence-electron chi connectivity index (χ0n) is 11.3. The smallest absolute Gasteiger partial charge is 0.248 e. The molecular formula is C16H12N4O. The summed E-state index contributed by atoms with van der Waals surface area (Å²) in [6.07, 6.45) is 3.38. The molecule has 1 aromatic carbocycles. The molecule has 0 aliphatic heterocycles. The van der Waals surface area contributed by atoms with Crippen LogP contribution >= 0.6 is 0 Å². The van der Waals surface area contributed by atoms with Crippen LogP contribution in [0.3, 0.4) is 0 Å². The summed E-state index contributed by atoms with van der Waals surface area (Å²) in [5, 5.41) is 7.61. The Hall–Kier alpha value is -3.13. The number of benzene rings is 1. The molecule has 2 heterocycles. The molecule has 5 heteroatoms. The number of amides is 1. The summed E-state index contributed by atoms with van der Waals surface area (Å²) >= 11 is 0. The van der Waals surface area contributed by atoms with Gasteiger partial charge < -0.3 is 5.73 Å². The van der Waals surface area contributed by atoms with Gasteiger partial charge in [0.25, 0.3) is 0 Å². The molecule has 3 N–H and O–H groups in total. The minimum absolute atomic E-state index is 0.452. The van der Waals surface area contributed by atoms with E-state index in [0.717, 1.165) is 27.7 Å². The molecule has 0 radical (unpaired) electrons. The number of rotatable bonds is 1. The second-order valence-electron chi connectivity index (χ2n) is 4.68. The van der Waals surface area contributed by atoms with Crippen LogP contribution in [0.25, 0.3) is 11.0 Å². The van der Waals surface area contributed by atoms with E-state index in [1.165, 1.54) is 0 Å². The fraction of sp³-hybridized carbons (Fsp3) is 0.0625. The highest BCUT2D eigenvalue weighted by Crippen LogP contribution is 2.11. The Balaban J connectivity index is 1.99. The van der Waals surface area contributed by atoms with Crippen LogP contribution in [0.4, 0.5) is 0 Å². The van der Waals surface area contributed by atoms with Crippen LogP contribution in [0.5, 0.6) is 0 Å². The molecule has 0 saturated carbocycles. The first kappa shape index (κ1) is 12.9. The normalized spacial score (nSPS) is 10.1. The first-order chi connectivity index (χ1) is 10.1. The summed E-state index contributed by atoms with van der Waals surface area (Å²) in [5.41, 5.74) is 9.02. The monoisotopic (exact) mass is 276 g/mol. The van der Waals surface area contributed by atoms with E-state index in [9.17, 15) is 4.79 Å². The maximum atomic E-state index is 11.2. The van der Waals surface area contributed by atoms with Crippen molar-refractivity contribution in [1.29, 1.82) is 0 Å². The number of hydrogen-bond acceptors (Lipinski definition) is 3. The molecule has 0 aliphatic carbocycles. The van der Waals surface area contributed by atoms with E-state index in [4.69, 9.17) is 5.73 Å². The lowest BCUT2D eigenvalue weighted by Gasteiger charge is -2.00. The molecule has 0 spiro atoms. The Morgan fingerprint density at radius 2 is 2.10 bits per heavy atom. The largest absolute Gasteiger partial charge is 0.366 e. The first-order valence-electron chi connectivity index (χ1n) is 6.35. The molecule has 0 bridgehead atoms. The molecule has 2 aromatic heterocycles. The lowest BCUT2D eigenvalue weighted by Crippen LogP contribution is -2.11. The maximum absolute atomic E-state index is 11.2. The molecule has 102 valence electrons. The van der Waals surface area contributed by atoms with E-state index >= 15 is 0 Å². The van der Waals surface area contributed by atoms with Crippen molar-refractivity contribution in [2.75, 3.05) is 0 Å². The number of fused-ring (bicyclic) bond motifs is 1. The third-order valence-electron chi connectivity index (χ3n) is 3.15. The van der Waals surface area contributed by atoms with Crippen molar-refractivity contribution < 1.29 is 4.79 Å². The summed E-state index contributed by atoms with van der Waals surface area (Å²) in [6, 6.07) is 7.14. The van der Waals surface area contributed by atoms with E-state index in [0.29, 0.717) is 5.56 Å². The number of aromatic nitrogens is 3. The van der Waals surface area contributed by atoms with Gasteiger partial charge in [-0.15, -0.1) is 0 Å². The van der Waals surface area contributed by atoms with Crippen molar-refractivity contribution >= 4 is 16.9 Å². The van der Waals surface area contributed by atoms with Crippen molar-refractivity contribution in [3.05, 3.63) is 58.9 Å². The number of carbonyl (C=O) groups is 1. The lowest BCUT2D eigenvalue weighted by atomic mass is 10.0. The maximum Gasteiger partial charge on any atom is 0.248 e. The molecule has 0 saturated heterocycles. The molecule has 0 aliphatic rings. The van der Waals surface area contributed by atoms with Gasteiger partial charge in [-0.05, 0) is 30.7 Å². The summed E-state index contributed by atoms with van der Waals surface area (Å²) < 4.78 is 0. The van der Waals surface area contributed by atoms with E-state index in [1.54, 1.807) is 24.5 Å². The van der Waals surface area contributed by atoms with E-state index < -0.39 is 5.91 Å². The van der Waals surface area contributed by atoms with Crippen LogP contribution in [0, 0.1) is 18.8 Å². The number of H-pyrrole nitrogens is 1. The van der Waals surface area contributed by atoms with Gasteiger partial charge in [-0.1, -0.05) is 17.9 Å².